The van der Waals surface area contributed by atoms with Crippen molar-refractivity contribution in [3.63, 3.8) is 0 Å². The third-order valence-corrected chi connectivity index (χ3v) is 2.92. The lowest BCUT2D eigenvalue weighted by Gasteiger charge is -2.14. The molecule has 1 aromatic rings. The highest BCUT2D eigenvalue weighted by Gasteiger charge is 2.04. The van der Waals surface area contributed by atoms with Crippen LogP contribution in [0.4, 0.5) is 0 Å². The largest absolute Gasteiger partial charge is 0.494 e. The van der Waals surface area contributed by atoms with E-state index in [-0.39, 0.29) is 0 Å². The van der Waals surface area contributed by atoms with E-state index in [1.54, 1.807) is 0 Å². The molecule has 2 heteroatoms. The highest BCUT2D eigenvalue weighted by Crippen LogP contribution is 2.17. The van der Waals surface area contributed by atoms with Gasteiger partial charge < -0.3 is 10.1 Å². The predicted octanol–water partition coefficient (Wildman–Crippen LogP) is 3.93. The van der Waals surface area contributed by atoms with E-state index in [0.29, 0.717) is 6.04 Å². The molecule has 0 saturated heterocycles. The van der Waals surface area contributed by atoms with Crippen LogP contribution >= 0.6 is 0 Å². The number of rotatable bonds is 8. The summed E-state index contributed by atoms with van der Waals surface area (Å²) in [5.41, 5.74) is 1.32. The summed E-state index contributed by atoms with van der Waals surface area (Å²) in [6.45, 7) is 8.27. The fourth-order valence-electron chi connectivity index (χ4n) is 1.83. The topological polar surface area (TPSA) is 21.3 Å². The first-order chi connectivity index (χ1) is 8.27. The molecule has 1 aromatic carbocycles. The van der Waals surface area contributed by atoms with Gasteiger partial charge in [-0.15, -0.1) is 0 Å². The third kappa shape index (κ3) is 5.22. The van der Waals surface area contributed by atoms with Gasteiger partial charge in [-0.2, -0.15) is 0 Å². The fraction of sp³-hybridized carbons (Fsp3) is 0.600. The van der Waals surface area contributed by atoms with Gasteiger partial charge in [0.1, 0.15) is 5.75 Å². The lowest BCUT2D eigenvalue weighted by atomic mass is 10.1. The molecular weight excluding hydrogens is 210 g/mol. The summed E-state index contributed by atoms with van der Waals surface area (Å²) in [5.74, 6) is 0.953. The molecule has 2 nitrogen and oxygen atoms in total. The van der Waals surface area contributed by atoms with Crippen molar-refractivity contribution in [3.05, 3.63) is 29.8 Å². The molecule has 0 saturated carbocycles. The molecule has 0 heterocycles. The first-order valence-corrected chi connectivity index (χ1v) is 6.74. The first-order valence-electron chi connectivity index (χ1n) is 6.74. The lowest BCUT2D eigenvalue weighted by molar-refractivity contribution is 0.340. The average molecular weight is 235 g/mol. The summed E-state index contributed by atoms with van der Waals surface area (Å²) in [6, 6.07) is 8.79. The van der Waals surface area contributed by atoms with E-state index < -0.39 is 0 Å². The van der Waals surface area contributed by atoms with Crippen LogP contribution in [0, 0.1) is 0 Å². The van der Waals surface area contributed by atoms with Gasteiger partial charge in [0.25, 0.3) is 0 Å². The molecule has 0 aromatic heterocycles. The van der Waals surface area contributed by atoms with Gasteiger partial charge in [0, 0.05) is 6.04 Å². The van der Waals surface area contributed by atoms with Gasteiger partial charge in [0.05, 0.1) is 6.61 Å². The van der Waals surface area contributed by atoms with E-state index in [1.165, 1.54) is 24.8 Å². The minimum atomic E-state index is 0.419. The fourth-order valence-corrected chi connectivity index (χ4v) is 1.83. The zero-order valence-electron chi connectivity index (χ0n) is 11.3. The van der Waals surface area contributed by atoms with Crippen molar-refractivity contribution in [2.75, 3.05) is 13.2 Å². The van der Waals surface area contributed by atoms with Crippen molar-refractivity contribution in [1.82, 2.24) is 5.32 Å². The Hall–Kier alpha value is -1.02. The summed E-state index contributed by atoms with van der Waals surface area (Å²) >= 11 is 0. The van der Waals surface area contributed by atoms with Gasteiger partial charge in [0.2, 0.25) is 0 Å². The number of hydrogen-bond donors (Lipinski definition) is 1. The number of nitrogens with one attached hydrogen (secondary N) is 1. The van der Waals surface area contributed by atoms with Crippen LogP contribution in [-0.4, -0.2) is 13.2 Å². The lowest BCUT2D eigenvalue weighted by Crippen LogP contribution is -2.19. The Morgan fingerprint density at radius 2 is 1.82 bits per heavy atom. The molecule has 1 unspecified atom stereocenters. The maximum Gasteiger partial charge on any atom is 0.119 e. The van der Waals surface area contributed by atoms with Crippen molar-refractivity contribution >= 4 is 0 Å². The van der Waals surface area contributed by atoms with Crippen LogP contribution in [0.5, 0.6) is 5.75 Å². The molecule has 0 amide bonds. The summed E-state index contributed by atoms with van der Waals surface area (Å²) in [4.78, 5) is 0. The molecule has 17 heavy (non-hydrogen) atoms. The highest BCUT2D eigenvalue weighted by atomic mass is 16.5. The molecule has 1 rings (SSSR count). The van der Waals surface area contributed by atoms with Crippen molar-refractivity contribution < 1.29 is 4.74 Å². The Balaban J connectivity index is 2.37. The van der Waals surface area contributed by atoms with Gasteiger partial charge >= 0.3 is 0 Å². The molecule has 0 aliphatic carbocycles. The zero-order chi connectivity index (χ0) is 12.5. The molecule has 0 radical (unpaired) electrons. The Kier molecular flexibility index (Phi) is 6.71. The number of benzene rings is 1. The number of unbranched alkanes of at least 4 members (excludes halogenated alkanes) is 2. The van der Waals surface area contributed by atoms with E-state index in [9.17, 15) is 0 Å². The minimum absolute atomic E-state index is 0.419. The summed E-state index contributed by atoms with van der Waals surface area (Å²) < 4.78 is 5.43. The van der Waals surface area contributed by atoms with E-state index in [0.717, 1.165) is 18.9 Å². The molecule has 96 valence electrons. The molecule has 0 aliphatic rings. The molecular formula is C15H25NO. The van der Waals surface area contributed by atoms with Crippen molar-refractivity contribution in [3.8, 4) is 5.75 Å². The van der Waals surface area contributed by atoms with Gasteiger partial charge in [-0.25, -0.2) is 0 Å². The van der Waals surface area contributed by atoms with Crippen LogP contribution in [0.2, 0.25) is 0 Å². The average Bonchev–Trinajstić information content (AvgIpc) is 2.36. The van der Waals surface area contributed by atoms with Crippen molar-refractivity contribution in [2.24, 2.45) is 0 Å². The molecule has 1 N–H and O–H groups in total. The minimum Gasteiger partial charge on any atom is -0.494 e. The second-order valence-corrected chi connectivity index (χ2v) is 4.38. The molecule has 0 aliphatic heterocycles. The molecule has 0 fully saturated rings. The molecule has 1 atom stereocenters. The second-order valence-electron chi connectivity index (χ2n) is 4.38. The van der Waals surface area contributed by atoms with Crippen molar-refractivity contribution in [2.45, 2.75) is 46.1 Å². The maximum absolute atomic E-state index is 5.43. The van der Waals surface area contributed by atoms with Gasteiger partial charge in [-0.1, -0.05) is 31.9 Å². The van der Waals surface area contributed by atoms with Crippen LogP contribution in [0.25, 0.3) is 0 Å². The van der Waals surface area contributed by atoms with Crippen LogP contribution < -0.4 is 10.1 Å². The smallest absolute Gasteiger partial charge is 0.119 e. The monoisotopic (exact) mass is 235 g/mol. The Morgan fingerprint density at radius 1 is 1.12 bits per heavy atom. The number of ether oxygens (including phenoxy) is 1. The third-order valence-electron chi connectivity index (χ3n) is 2.92. The van der Waals surface area contributed by atoms with Gasteiger partial charge in [-0.3, -0.25) is 0 Å². The van der Waals surface area contributed by atoms with Crippen LogP contribution in [0.1, 0.15) is 51.6 Å². The Morgan fingerprint density at radius 3 is 2.41 bits per heavy atom. The quantitative estimate of drug-likeness (QED) is 0.689. The van der Waals surface area contributed by atoms with Crippen LogP contribution in [-0.2, 0) is 0 Å². The van der Waals surface area contributed by atoms with Gasteiger partial charge in [0.15, 0.2) is 0 Å². The SMILES string of the molecule is CCCCCNC(C)c1ccc(OCC)cc1. The molecule has 0 spiro atoms. The molecule has 0 bridgehead atoms. The van der Waals surface area contributed by atoms with Crippen molar-refractivity contribution in [1.29, 1.82) is 0 Å². The summed E-state index contributed by atoms with van der Waals surface area (Å²) in [5, 5.41) is 3.54. The maximum atomic E-state index is 5.43. The van der Waals surface area contributed by atoms with E-state index in [2.05, 4.69) is 31.3 Å². The van der Waals surface area contributed by atoms with Gasteiger partial charge in [-0.05, 0) is 44.5 Å². The number of hydrogen-bond acceptors (Lipinski definition) is 2. The van der Waals surface area contributed by atoms with E-state index in [4.69, 9.17) is 4.74 Å². The standard InChI is InChI=1S/C15H25NO/c1-4-6-7-12-16-13(3)14-8-10-15(11-9-14)17-5-2/h8-11,13,16H,4-7,12H2,1-3H3. The highest BCUT2D eigenvalue weighted by molar-refractivity contribution is 5.28. The Labute approximate surface area is 105 Å². The second kappa shape index (κ2) is 8.13. The zero-order valence-corrected chi connectivity index (χ0v) is 11.3. The normalized spacial score (nSPS) is 12.4. The van der Waals surface area contributed by atoms with E-state index >= 15 is 0 Å². The van der Waals surface area contributed by atoms with Crippen LogP contribution in [0.3, 0.4) is 0 Å². The van der Waals surface area contributed by atoms with E-state index in [1.807, 2.05) is 19.1 Å². The summed E-state index contributed by atoms with van der Waals surface area (Å²) in [6.07, 6.45) is 3.85. The Bertz CT molecular complexity index is 294. The van der Waals surface area contributed by atoms with Crippen LogP contribution in [0.15, 0.2) is 24.3 Å². The predicted molar refractivity (Wildman–Crippen MR) is 73.6 cm³/mol. The summed E-state index contributed by atoms with van der Waals surface area (Å²) in [7, 11) is 0. The first kappa shape index (κ1) is 14.0.